The van der Waals surface area contributed by atoms with Crippen molar-refractivity contribution in [1.29, 1.82) is 0 Å². The maximum atomic E-state index is 12.6. The zero-order valence-corrected chi connectivity index (χ0v) is 15.1. The highest BCUT2D eigenvalue weighted by molar-refractivity contribution is 7.95. The lowest BCUT2D eigenvalue weighted by Gasteiger charge is -2.28. The van der Waals surface area contributed by atoms with Gasteiger partial charge in [0.05, 0.1) is 0 Å². The molecule has 3 aromatic carbocycles. The first kappa shape index (κ1) is 17.9. The Bertz CT molecular complexity index is 845. The van der Waals surface area contributed by atoms with Gasteiger partial charge in [0, 0.05) is 0 Å². The highest BCUT2D eigenvalue weighted by atomic mass is 31.2. The summed E-state index contributed by atoms with van der Waals surface area (Å²) in [5, 5.41) is 12.1. The van der Waals surface area contributed by atoms with Crippen LogP contribution in [0.25, 0.3) is 0 Å². The van der Waals surface area contributed by atoms with E-state index in [0.29, 0.717) is 0 Å². The second-order valence-corrected chi connectivity index (χ2v) is 9.15. The molecule has 1 N–H and O–H groups in total. The topological polar surface area (TPSA) is 54.4 Å². The molecular weight excluding hydrogens is 343 g/mol. The Balaban J connectivity index is 2.38. The summed E-state index contributed by atoms with van der Waals surface area (Å²) >= 11 is 0. The summed E-state index contributed by atoms with van der Waals surface area (Å²) < 4.78 is 0. The Morgan fingerprint density at radius 1 is 0.692 bits per heavy atom. The Labute approximate surface area is 152 Å². The number of hydrogen-bond donors (Lipinski definition) is 1. The number of rotatable bonds is 6. The number of benzene rings is 3. The van der Waals surface area contributed by atoms with Gasteiger partial charge in [0.25, 0.3) is 0 Å². The average Bonchev–Trinajstić information content (AvgIpc) is 2.67. The van der Waals surface area contributed by atoms with Gasteiger partial charge in [-0.2, -0.15) is 0 Å². The fraction of sp³-hybridized carbons (Fsp3) is 0.0455. The SMILES string of the molecule is O=C(O)CC(=O)C=P(c1ccccc1)(c1ccccc1)c1ccccc1. The molecule has 3 aromatic rings. The Kier molecular flexibility index (Phi) is 5.50. The van der Waals surface area contributed by atoms with E-state index in [1.54, 1.807) is 5.80 Å². The van der Waals surface area contributed by atoms with Crippen LogP contribution in [0.1, 0.15) is 6.42 Å². The van der Waals surface area contributed by atoms with E-state index in [4.69, 9.17) is 5.11 Å². The van der Waals surface area contributed by atoms with E-state index >= 15 is 0 Å². The fourth-order valence-electron chi connectivity index (χ4n) is 3.07. The van der Waals surface area contributed by atoms with Gasteiger partial charge in [-0.3, -0.25) is 9.59 Å². The molecule has 3 nitrogen and oxygen atoms in total. The minimum absolute atomic E-state index is 0.373. The van der Waals surface area contributed by atoms with Crippen molar-refractivity contribution in [2.45, 2.75) is 6.42 Å². The minimum Gasteiger partial charge on any atom is -0.481 e. The predicted molar refractivity (Wildman–Crippen MR) is 108 cm³/mol. The second kappa shape index (κ2) is 7.99. The van der Waals surface area contributed by atoms with E-state index in [-0.39, 0.29) is 5.78 Å². The third kappa shape index (κ3) is 3.68. The largest absolute Gasteiger partial charge is 0.481 e. The van der Waals surface area contributed by atoms with Gasteiger partial charge >= 0.3 is 5.97 Å². The van der Waals surface area contributed by atoms with Gasteiger partial charge in [-0.15, -0.1) is 0 Å². The van der Waals surface area contributed by atoms with E-state index in [1.807, 2.05) is 91.0 Å². The van der Waals surface area contributed by atoms with Gasteiger partial charge in [-0.25, -0.2) is 0 Å². The van der Waals surface area contributed by atoms with Crippen molar-refractivity contribution in [3.63, 3.8) is 0 Å². The lowest BCUT2D eigenvalue weighted by Crippen LogP contribution is -2.29. The summed E-state index contributed by atoms with van der Waals surface area (Å²) in [5.74, 6) is 0.169. The zero-order valence-electron chi connectivity index (χ0n) is 14.2. The zero-order chi connectivity index (χ0) is 18.4. The van der Waals surface area contributed by atoms with E-state index in [2.05, 4.69) is 0 Å². The maximum Gasteiger partial charge on any atom is 0.311 e. The van der Waals surface area contributed by atoms with E-state index < -0.39 is 19.3 Å². The third-order valence-corrected chi connectivity index (χ3v) is 8.17. The average molecular weight is 362 g/mol. The second-order valence-electron chi connectivity index (χ2n) is 5.90. The molecule has 0 spiro atoms. The Morgan fingerprint density at radius 2 is 1.04 bits per heavy atom. The molecule has 0 radical (unpaired) electrons. The van der Waals surface area contributed by atoms with Crippen LogP contribution < -0.4 is 15.9 Å². The summed E-state index contributed by atoms with van der Waals surface area (Å²) in [6.07, 6.45) is -0.506. The molecule has 0 aliphatic heterocycles. The number of carbonyl (C=O) groups excluding carboxylic acids is 1. The monoisotopic (exact) mass is 362 g/mol. The number of carboxylic acids is 1. The van der Waals surface area contributed by atoms with E-state index in [1.165, 1.54) is 0 Å². The van der Waals surface area contributed by atoms with Crippen molar-refractivity contribution in [2.24, 2.45) is 0 Å². The van der Waals surface area contributed by atoms with Crippen LogP contribution >= 0.6 is 6.89 Å². The van der Waals surface area contributed by atoms with Crippen LogP contribution in [-0.4, -0.2) is 22.7 Å². The number of carboxylic acid groups (broad SMARTS) is 1. The van der Waals surface area contributed by atoms with Crippen LogP contribution in [0.15, 0.2) is 91.0 Å². The Morgan fingerprint density at radius 3 is 1.35 bits per heavy atom. The summed E-state index contributed by atoms with van der Waals surface area (Å²) in [6.45, 7) is -2.40. The molecule has 0 bridgehead atoms. The number of hydrogen-bond acceptors (Lipinski definition) is 2. The van der Waals surface area contributed by atoms with Crippen molar-refractivity contribution >= 4 is 40.3 Å². The highest BCUT2D eigenvalue weighted by Gasteiger charge is 2.26. The standard InChI is InChI=1S/C22H19O3P/c23-18(16-22(24)25)17-26(19-10-4-1-5-11-19,20-12-6-2-7-13-20)21-14-8-3-9-15-21/h1-15,17H,16H2,(H,24,25). The molecule has 0 saturated carbocycles. The molecule has 0 fully saturated rings. The minimum atomic E-state index is -2.40. The summed E-state index contributed by atoms with van der Waals surface area (Å²) in [7, 11) is 0. The van der Waals surface area contributed by atoms with Crippen molar-refractivity contribution in [2.75, 3.05) is 0 Å². The normalized spacial score (nSPS) is 10.9. The van der Waals surface area contributed by atoms with Crippen molar-refractivity contribution < 1.29 is 14.7 Å². The molecule has 0 saturated heterocycles. The first-order valence-corrected chi connectivity index (χ1v) is 10.1. The predicted octanol–water partition coefficient (Wildman–Crippen LogP) is 2.83. The third-order valence-electron chi connectivity index (χ3n) is 4.15. The quantitative estimate of drug-likeness (QED) is 0.542. The molecule has 0 atom stereocenters. The van der Waals surface area contributed by atoms with Crippen molar-refractivity contribution in [1.82, 2.24) is 0 Å². The van der Waals surface area contributed by atoms with Crippen molar-refractivity contribution in [3.8, 4) is 0 Å². The first-order chi connectivity index (χ1) is 12.6. The molecule has 0 unspecified atom stereocenters. The summed E-state index contributed by atoms with van der Waals surface area (Å²) in [4.78, 5) is 23.7. The van der Waals surface area contributed by atoms with Crippen LogP contribution in [0.2, 0.25) is 0 Å². The summed E-state index contributed by atoms with van der Waals surface area (Å²) in [5.41, 5.74) is 0. The molecule has 3 rings (SSSR count). The number of carbonyl (C=O) groups is 2. The van der Waals surface area contributed by atoms with Gasteiger partial charge in [0.2, 0.25) is 0 Å². The van der Waals surface area contributed by atoms with Crippen LogP contribution in [0, 0.1) is 0 Å². The van der Waals surface area contributed by atoms with Gasteiger partial charge < -0.3 is 5.11 Å². The maximum absolute atomic E-state index is 12.6. The van der Waals surface area contributed by atoms with Crippen LogP contribution in [0.5, 0.6) is 0 Å². The molecule has 0 amide bonds. The highest BCUT2D eigenvalue weighted by Crippen LogP contribution is 2.43. The van der Waals surface area contributed by atoms with Crippen LogP contribution in [0.3, 0.4) is 0 Å². The van der Waals surface area contributed by atoms with Gasteiger partial charge in [-0.05, 0) is 28.6 Å². The Hall–Kier alpha value is -2.90. The lowest BCUT2D eigenvalue weighted by atomic mass is 10.3. The van der Waals surface area contributed by atoms with Gasteiger partial charge in [-0.1, -0.05) is 91.0 Å². The van der Waals surface area contributed by atoms with Gasteiger partial charge in [0.15, 0.2) is 5.78 Å². The molecule has 130 valence electrons. The number of aliphatic carboxylic acids is 1. The van der Waals surface area contributed by atoms with E-state index in [0.717, 1.165) is 15.9 Å². The number of Topliss-reactive ketones (excluding diaryl/α,β-unsaturated/α-hetero) is 1. The molecule has 4 heteroatoms. The lowest BCUT2D eigenvalue weighted by molar-refractivity contribution is -0.138. The smallest absolute Gasteiger partial charge is 0.311 e. The molecule has 0 aromatic heterocycles. The summed E-state index contributed by atoms with van der Waals surface area (Å²) in [6, 6.07) is 29.6. The van der Waals surface area contributed by atoms with Crippen LogP contribution in [-0.2, 0) is 9.59 Å². The molecular formula is C22H19O3P. The molecule has 0 heterocycles. The molecule has 26 heavy (non-hydrogen) atoms. The van der Waals surface area contributed by atoms with E-state index in [9.17, 15) is 9.59 Å². The fourth-order valence-corrected chi connectivity index (χ4v) is 6.86. The molecule has 0 aliphatic carbocycles. The van der Waals surface area contributed by atoms with Gasteiger partial charge in [0.1, 0.15) is 6.42 Å². The first-order valence-electron chi connectivity index (χ1n) is 8.29. The van der Waals surface area contributed by atoms with Crippen molar-refractivity contribution in [3.05, 3.63) is 91.0 Å². The number of ketones is 1. The van der Waals surface area contributed by atoms with Crippen LogP contribution in [0.4, 0.5) is 0 Å². The molecule has 0 aliphatic rings.